The van der Waals surface area contributed by atoms with Gasteiger partial charge < -0.3 is 10.6 Å². The molecule has 0 radical (unpaired) electrons. The Bertz CT molecular complexity index is 347. The maximum Gasteiger partial charge on any atom is 0.129 e. The molecule has 1 saturated carbocycles. The van der Waals surface area contributed by atoms with E-state index in [1.807, 2.05) is 13.1 Å². The van der Waals surface area contributed by atoms with Crippen LogP contribution in [-0.2, 0) is 6.54 Å². The highest BCUT2D eigenvalue weighted by molar-refractivity contribution is 5.54. The summed E-state index contributed by atoms with van der Waals surface area (Å²) in [6, 6.07) is 5.74. The van der Waals surface area contributed by atoms with E-state index in [-0.39, 0.29) is 12.4 Å². The van der Waals surface area contributed by atoms with Crippen LogP contribution in [0.1, 0.15) is 24.8 Å². The third-order valence-corrected chi connectivity index (χ3v) is 3.30. The number of nitrogens with two attached hydrogens (primary N) is 1. The molecule has 1 aromatic carbocycles. The Morgan fingerprint density at radius 2 is 2.20 bits per heavy atom. The van der Waals surface area contributed by atoms with Gasteiger partial charge >= 0.3 is 0 Å². The van der Waals surface area contributed by atoms with E-state index in [1.54, 1.807) is 6.07 Å². The van der Waals surface area contributed by atoms with Crippen LogP contribution >= 0.6 is 0 Å². The number of anilines is 1. The predicted octanol–water partition coefficient (Wildman–Crippen LogP) is 2.27. The van der Waals surface area contributed by atoms with Crippen molar-refractivity contribution in [2.24, 2.45) is 5.73 Å². The first kappa shape index (κ1) is 10.4. The lowest BCUT2D eigenvalue weighted by Crippen LogP contribution is -2.37. The van der Waals surface area contributed by atoms with Gasteiger partial charge in [-0.2, -0.15) is 0 Å². The summed E-state index contributed by atoms with van der Waals surface area (Å²) < 4.78 is 13.5. The summed E-state index contributed by atoms with van der Waals surface area (Å²) in [5.41, 5.74) is 7.16. The second-order valence-corrected chi connectivity index (χ2v) is 4.14. The molecule has 0 unspecified atom stereocenters. The van der Waals surface area contributed by atoms with Gasteiger partial charge in [0, 0.05) is 30.9 Å². The van der Waals surface area contributed by atoms with Gasteiger partial charge in [-0.3, -0.25) is 0 Å². The van der Waals surface area contributed by atoms with E-state index in [0.717, 1.165) is 5.69 Å². The molecular weight excluding hydrogens is 191 g/mol. The second-order valence-electron chi connectivity index (χ2n) is 4.14. The summed E-state index contributed by atoms with van der Waals surface area (Å²) in [5, 5.41) is 0. The molecule has 82 valence electrons. The molecule has 1 aliphatic carbocycles. The standard InChI is InChI=1S/C12H17FN2/c1-15(9-4-2-5-9)12-7-3-6-11(13)10(12)8-14/h3,6-7,9H,2,4-5,8,14H2,1H3. The van der Waals surface area contributed by atoms with E-state index < -0.39 is 0 Å². The molecule has 1 fully saturated rings. The first-order valence-electron chi connectivity index (χ1n) is 5.44. The molecule has 0 spiro atoms. The monoisotopic (exact) mass is 208 g/mol. The summed E-state index contributed by atoms with van der Waals surface area (Å²) in [7, 11) is 2.03. The Labute approximate surface area is 89.9 Å². The Balaban J connectivity index is 2.29. The van der Waals surface area contributed by atoms with Crippen molar-refractivity contribution in [3.63, 3.8) is 0 Å². The lowest BCUT2D eigenvalue weighted by Gasteiger charge is -2.37. The number of halogens is 1. The highest BCUT2D eigenvalue weighted by Gasteiger charge is 2.24. The van der Waals surface area contributed by atoms with Crippen LogP contribution in [0.2, 0.25) is 0 Å². The van der Waals surface area contributed by atoms with Crippen LogP contribution in [0.5, 0.6) is 0 Å². The summed E-state index contributed by atoms with van der Waals surface area (Å²) in [6.45, 7) is 0.263. The number of hydrogen-bond acceptors (Lipinski definition) is 2. The second kappa shape index (κ2) is 4.19. The Hall–Kier alpha value is -1.09. The van der Waals surface area contributed by atoms with Crippen LogP contribution < -0.4 is 10.6 Å². The smallest absolute Gasteiger partial charge is 0.129 e. The number of rotatable bonds is 3. The van der Waals surface area contributed by atoms with Crippen molar-refractivity contribution in [2.45, 2.75) is 31.8 Å². The topological polar surface area (TPSA) is 29.3 Å². The molecular formula is C12H17FN2. The normalized spacial score (nSPS) is 16.2. The van der Waals surface area contributed by atoms with Crippen molar-refractivity contribution in [2.75, 3.05) is 11.9 Å². The van der Waals surface area contributed by atoms with Crippen molar-refractivity contribution in [3.8, 4) is 0 Å². The molecule has 15 heavy (non-hydrogen) atoms. The third-order valence-electron chi connectivity index (χ3n) is 3.30. The van der Waals surface area contributed by atoms with Crippen LogP contribution in [0.25, 0.3) is 0 Å². The van der Waals surface area contributed by atoms with Gasteiger partial charge in [-0.1, -0.05) is 6.07 Å². The maximum atomic E-state index is 13.5. The molecule has 0 saturated heterocycles. The molecule has 1 aliphatic rings. The number of nitrogens with zero attached hydrogens (tertiary/aromatic N) is 1. The molecule has 2 nitrogen and oxygen atoms in total. The van der Waals surface area contributed by atoms with E-state index in [9.17, 15) is 4.39 Å². The van der Waals surface area contributed by atoms with Gasteiger partial charge in [0.1, 0.15) is 5.82 Å². The van der Waals surface area contributed by atoms with Gasteiger partial charge in [0.15, 0.2) is 0 Å². The lowest BCUT2D eigenvalue weighted by molar-refractivity contribution is 0.400. The minimum Gasteiger partial charge on any atom is -0.371 e. The minimum absolute atomic E-state index is 0.193. The SMILES string of the molecule is CN(c1cccc(F)c1CN)C1CCC1. The zero-order chi connectivity index (χ0) is 10.8. The van der Waals surface area contributed by atoms with Crippen molar-refractivity contribution in [1.29, 1.82) is 0 Å². The summed E-state index contributed by atoms with van der Waals surface area (Å²) in [4.78, 5) is 2.16. The number of hydrogen-bond donors (Lipinski definition) is 1. The Morgan fingerprint density at radius 1 is 1.47 bits per heavy atom. The van der Waals surface area contributed by atoms with Gasteiger partial charge in [0.05, 0.1) is 0 Å². The van der Waals surface area contributed by atoms with E-state index in [1.165, 1.54) is 25.3 Å². The Morgan fingerprint density at radius 3 is 2.73 bits per heavy atom. The molecule has 2 N–H and O–H groups in total. The summed E-state index contributed by atoms with van der Waals surface area (Å²) in [5.74, 6) is -0.193. The summed E-state index contributed by atoms with van der Waals surface area (Å²) >= 11 is 0. The fourth-order valence-electron chi connectivity index (χ4n) is 2.05. The van der Waals surface area contributed by atoms with Crippen LogP contribution in [-0.4, -0.2) is 13.1 Å². The molecule has 0 atom stereocenters. The first-order valence-corrected chi connectivity index (χ1v) is 5.44. The van der Waals surface area contributed by atoms with E-state index >= 15 is 0 Å². The van der Waals surface area contributed by atoms with Crippen molar-refractivity contribution in [3.05, 3.63) is 29.6 Å². The fourth-order valence-corrected chi connectivity index (χ4v) is 2.05. The van der Waals surface area contributed by atoms with E-state index in [4.69, 9.17) is 5.73 Å². The average Bonchev–Trinajstić information content (AvgIpc) is 2.14. The number of benzene rings is 1. The Kier molecular flexibility index (Phi) is 2.91. The van der Waals surface area contributed by atoms with Crippen molar-refractivity contribution in [1.82, 2.24) is 0 Å². The predicted molar refractivity (Wildman–Crippen MR) is 60.3 cm³/mol. The zero-order valence-electron chi connectivity index (χ0n) is 9.04. The van der Waals surface area contributed by atoms with Gasteiger partial charge in [0.2, 0.25) is 0 Å². The quantitative estimate of drug-likeness (QED) is 0.825. The third kappa shape index (κ3) is 1.84. The molecule has 1 aromatic rings. The lowest BCUT2D eigenvalue weighted by atomic mass is 9.91. The molecule has 2 rings (SSSR count). The minimum atomic E-state index is -0.193. The first-order chi connectivity index (χ1) is 7.24. The molecule has 0 aliphatic heterocycles. The van der Waals surface area contributed by atoms with E-state index in [2.05, 4.69) is 4.90 Å². The summed E-state index contributed by atoms with van der Waals surface area (Å²) in [6.07, 6.45) is 3.69. The zero-order valence-corrected chi connectivity index (χ0v) is 9.04. The van der Waals surface area contributed by atoms with Gasteiger partial charge in [0.25, 0.3) is 0 Å². The fraction of sp³-hybridized carbons (Fsp3) is 0.500. The van der Waals surface area contributed by atoms with Gasteiger partial charge in [-0.05, 0) is 31.4 Å². The molecule has 0 aromatic heterocycles. The highest BCUT2D eigenvalue weighted by atomic mass is 19.1. The van der Waals surface area contributed by atoms with Gasteiger partial charge in [-0.15, -0.1) is 0 Å². The average molecular weight is 208 g/mol. The van der Waals surface area contributed by atoms with Crippen LogP contribution in [0.3, 0.4) is 0 Å². The highest BCUT2D eigenvalue weighted by Crippen LogP contribution is 2.30. The van der Waals surface area contributed by atoms with Crippen LogP contribution in [0, 0.1) is 5.82 Å². The molecule has 0 bridgehead atoms. The maximum absolute atomic E-state index is 13.5. The molecule has 0 amide bonds. The van der Waals surface area contributed by atoms with Crippen molar-refractivity contribution < 1.29 is 4.39 Å². The van der Waals surface area contributed by atoms with Gasteiger partial charge in [-0.25, -0.2) is 4.39 Å². The van der Waals surface area contributed by atoms with E-state index in [0.29, 0.717) is 11.6 Å². The van der Waals surface area contributed by atoms with Crippen molar-refractivity contribution >= 4 is 5.69 Å². The largest absolute Gasteiger partial charge is 0.371 e. The molecule has 3 heteroatoms. The van der Waals surface area contributed by atoms with Crippen LogP contribution in [0.15, 0.2) is 18.2 Å². The molecule has 0 heterocycles. The van der Waals surface area contributed by atoms with Crippen LogP contribution in [0.4, 0.5) is 10.1 Å².